The van der Waals surface area contributed by atoms with Crippen molar-refractivity contribution in [3.63, 3.8) is 0 Å². The second kappa shape index (κ2) is 9.89. The molecule has 3 aromatic carbocycles. The van der Waals surface area contributed by atoms with Crippen molar-refractivity contribution in [1.82, 2.24) is 0 Å². The van der Waals surface area contributed by atoms with E-state index in [0.29, 0.717) is 0 Å². The fraction of sp³-hybridized carbons (Fsp3) is 0.286. The van der Waals surface area contributed by atoms with Gasteiger partial charge in [-0.3, -0.25) is 0 Å². The normalized spacial score (nSPS) is 25.0. The molecule has 4 nitrogen and oxygen atoms in total. The van der Waals surface area contributed by atoms with Crippen LogP contribution < -0.4 is 5.30 Å². The standard InChI is InChI=1S/C28H29N2O2P/c1-20-28(23-14-8-4-9-15-23)32-25(29-20)18-33(24-16-10-5-11-17-24)19-26-30-27(21(2)31-26)22-12-6-3-7-13-22/h3-17,20-21,27-28H,18-19H2,1-2H3/t20-,21-,27+,28+,33?/m1/s1. The largest absolute Gasteiger partial charge is 0.475 e. The van der Waals surface area contributed by atoms with Crippen LogP contribution in [0.5, 0.6) is 0 Å². The first-order chi connectivity index (χ1) is 16.2. The lowest BCUT2D eigenvalue weighted by Crippen LogP contribution is -2.19. The minimum atomic E-state index is -0.603. The Morgan fingerprint density at radius 3 is 1.85 bits per heavy atom. The van der Waals surface area contributed by atoms with E-state index in [1.54, 1.807) is 0 Å². The average Bonchev–Trinajstić information content (AvgIpc) is 3.42. The SMILES string of the molecule is C[C@H]1N=C(CP(CC2=N[C@H](c3ccccc3)[C@@H](C)O2)c2ccccc2)O[C@@H]1c1ccccc1. The number of hydrogen-bond acceptors (Lipinski definition) is 4. The maximum absolute atomic E-state index is 6.37. The van der Waals surface area contributed by atoms with Gasteiger partial charge in [0.05, 0.1) is 6.04 Å². The third-order valence-electron chi connectivity index (χ3n) is 6.14. The first kappa shape index (κ1) is 21.9. The van der Waals surface area contributed by atoms with Crippen molar-refractivity contribution >= 4 is 25.0 Å². The minimum absolute atomic E-state index is 0.0172. The molecule has 5 rings (SSSR count). The Kier molecular flexibility index (Phi) is 6.55. The van der Waals surface area contributed by atoms with Crippen LogP contribution in [0.2, 0.25) is 0 Å². The number of hydrogen-bond donors (Lipinski definition) is 0. The van der Waals surface area contributed by atoms with Gasteiger partial charge in [0.25, 0.3) is 0 Å². The second-order valence-electron chi connectivity index (χ2n) is 8.61. The maximum atomic E-state index is 6.37. The van der Waals surface area contributed by atoms with Gasteiger partial charge < -0.3 is 9.47 Å². The Hall–Kier alpha value is -2.97. The van der Waals surface area contributed by atoms with Crippen LogP contribution in [0.1, 0.15) is 37.1 Å². The van der Waals surface area contributed by atoms with Crippen LogP contribution in [0.15, 0.2) is 101 Å². The highest BCUT2D eigenvalue weighted by molar-refractivity contribution is 7.67. The second-order valence-corrected chi connectivity index (χ2v) is 10.8. The summed E-state index contributed by atoms with van der Waals surface area (Å²) in [4.78, 5) is 9.88. The Morgan fingerprint density at radius 2 is 1.21 bits per heavy atom. The minimum Gasteiger partial charge on any atom is -0.475 e. The summed E-state index contributed by atoms with van der Waals surface area (Å²) in [5, 5.41) is 1.32. The van der Waals surface area contributed by atoms with Gasteiger partial charge in [-0.1, -0.05) is 98.9 Å². The van der Waals surface area contributed by atoms with Gasteiger partial charge in [-0.15, -0.1) is 0 Å². The number of ether oxygens (including phenoxy) is 2. The summed E-state index contributed by atoms with van der Waals surface area (Å²) in [5.41, 5.74) is 2.38. The van der Waals surface area contributed by atoms with Crippen LogP contribution in [0.25, 0.3) is 0 Å². The number of rotatable bonds is 7. The number of aliphatic imine (C=N–C) groups is 2. The molecule has 2 aliphatic heterocycles. The van der Waals surface area contributed by atoms with Gasteiger partial charge in [0.2, 0.25) is 0 Å². The average molecular weight is 457 g/mol. The van der Waals surface area contributed by atoms with Crippen molar-refractivity contribution in [2.24, 2.45) is 9.98 Å². The summed E-state index contributed by atoms with van der Waals surface area (Å²) in [6.45, 7) is 4.24. The maximum Gasteiger partial charge on any atom is 0.189 e. The topological polar surface area (TPSA) is 43.2 Å². The zero-order valence-electron chi connectivity index (χ0n) is 19.0. The Balaban J connectivity index is 1.34. The van der Waals surface area contributed by atoms with Gasteiger partial charge in [0.15, 0.2) is 11.8 Å². The quantitative estimate of drug-likeness (QED) is 0.415. The van der Waals surface area contributed by atoms with Gasteiger partial charge in [-0.05, 0) is 30.3 Å². The van der Waals surface area contributed by atoms with Crippen molar-refractivity contribution in [2.75, 3.05) is 12.3 Å². The first-order valence-corrected chi connectivity index (χ1v) is 13.2. The van der Waals surface area contributed by atoms with E-state index in [1.165, 1.54) is 16.4 Å². The number of nitrogens with zero attached hydrogens (tertiary/aromatic N) is 2. The van der Waals surface area contributed by atoms with E-state index in [9.17, 15) is 0 Å². The van der Waals surface area contributed by atoms with Gasteiger partial charge in [0.1, 0.15) is 18.2 Å². The molecule has 168 valence electrons. The van der Waals surface area contributed by atoms with E-state index in [0.717, 1.165) is 24.1 Å². The smallest absolute Gasteiger partial charge is 0.189 e. The Morgan fingerprint density at radius 1 is 0.667 bits per heavy atom. The van der Waals surface area contributed by atoms with E-state index in [4.69, 9.17) is 19.5 Å². The lowest BCUT2D eigenvalue weighted by molar-refractivity contribution is 0.200. The molecule has 0 aromatic heterocycles. The summed E-state index contributed by atoms with van der Waals surface area (Å²) in [6, 6.07) is 31.6. The van der Waals surface area contributed by atoms with Crippen LogP contribution in [-0.2, 0) is 9.47 Å². The van der Waals surface area contributed by atoms with Crippen molar-refractivity contribution in [2.45, 2.75) is 38.1 Å². The first-order valence-electron chi connectivity index (χ1n) is 11.5. The molecule has 5 atom stereocenters. The molecular formula is C28H29N2O2P. The fourth-order valence-electron chi connectivity index (χ4n) is 4.48. The lowest BCUT2D eigenvalue weighted by atomic mass is 10.0. The van der Waals surface area contributed by atoms with Crippen molar-refractivity contribution in [3.8, 4) is 0 Å². The van der Waals surface area contributed by atoms with Gasteiger partial charge in [-0.25, -0.2) is 9.98 Å². The van der Waals surface area contributed by atoms with Crippen LogP contribution in [0, 0.1) is 0 Å². The van der Waals surface area contributed by atoms with E-state index in [-0.39, 0.29) is 24.3 Å². The van der Waals surface area contributed by atoms with Crippen molar-refractivity contribution in [1.29, 1.82) is 0 Å². The number of benzene rings is 3. The van der Waals surface area contributed by atoms with Gasteiger partial charge in [-0.2, -0.15) is 0 Å². The molecule has 3 aromatic rings. The van der Waals surface area contributed by atoms with Gasteiger partial charge in [0, 0.05) is 12.3 Å². The molecule has 0 saturated heterocycles. The molecule has 0 bridgehead atoms. The molecular weight excluding hydrogens is 427 g/mol. The third-order valence-corrected chi connectivity index (χ3v) is 8.47. The molecule has 0 radical (unpaired) electrons. The molecule has 5 heteroatoms. The highest BCUT2D eigenvalue weighted by Gasteiger charge is 2.33. The monoisotopic (exact) mass is 456 g/mol. The molecule has 0 N–H and O–H groups in total. The molecule has 0 fully saturated rings. The van der Waals surface area contributed by atoms with Crippen LogP contribution >= 0.6 is 7.92 Å². The van der Waals surface area contributed by atoms with E-state index in [1.807, 2.05) is 12.1 Å². The molecule has 0 saturated carbocycles. The van der Waals surface area contributed by atoms with Crippen molar-refractivity contribution < 1.29 is 9.47 Å². The molecule has 2 heterocycles. The highest BCUT2D eigenvalue weighted by atomic mass is 31.1. The molecule has 0 amide bonds. The van der Waals surface area contributed by atoms with E-state index < -0.39 is 7.92 Å². The zero-order valence-corrected chi connectivity index (χ0v) is 19.9. The molecule has 0 spiro atoms. The van der Waals surface area contributed by atoms with Crippen LogP contribution in [0.4, 0.5) is 0 Å². The summed E-state index contributed by atoms with van der Waals surface area (Å²) in [7, 11) is -0.603. The summed E-state index contributed by atoms with van der Waals surface area (Å²) in [5.74, 6) is 1.69. The van der Waals surface area contributed by atoms with E-state index >= 15 is 0 Å². The van der Waals surface area contributed by atoms with Crippen LogP contribution in [0.3, 0.4) is 0 Å². The highest BCUT2D eigenvalue weighted by Crippen LogP contribution is 2.40. The van der Waals surface area contributed by atoms with Gasteiger partial charge >= 0.3 is 0 Å². The lowest BCUT2D eigenvalue weighted by Gasteiger charge is -2.20. The summed E-state index contributed by atoms with van der Waals surface area (Å²) >= 11 is 0. The molecule has 33 heavy (non-hydrogen) atoms. The zero-order chi connectivity index (χ0) is 22.6. The summed E-state index contributed by atoms with van der Waals surface area (Å²) in [6.07, 6.45) is 1.61. The Labute approximate surface area is 197 Å². The third kappa shape index (κ3) is 5.02. The predicted molar refractivity (Wildman–Crippen MR) is 137 cm³/mol. The molecule has 0 aliphatic carbocycles. The molecule has 1 unspecified atom stereocenters. The van der Waals surface area contributed by atoms with Crippen molar-refractivity contribution in [3.05, 3.63) is 102 Å². The Bertz CT molecular complexity index is 1120. The van der Waals surface area contributed by atoms with Crippen LogP contribution in [-0.4, -0.2) is 36.3 Å². The molecule has 2 aliphatic rings. The fourth-order valence-corrected chi connectivity index (χ4v) is 6.52. The summed E-state index contributed by atoms with van der Waals surface area (Å²) < 4.78 is 12.6. The van der Waals surface area contributed by atoms with E-state index in [2.05, 4.69) is 92.7 Å². The predicted octanol–water partition coefficient (Wildman–Crippen LogP) is 5.91.